The molecule has 0 radical (unpaired) electrons. The van der Waals surface area contributed by atoms with Gasteiger partial charge in [0.1, 0.15) is 4.88 Å². The van der Waals surface area contributed by atoms with Gasteiger partial charge in [-0.1, -0.05) is 29.8 Å². The third-order valence-electron chi connectivity index (χ3n) is 3.41. The molecule has 2 aromatic rings. The summed E-state index contributed by atoms with van der Waals surface area (Å²) in [5.74, 6) is -0.851. The summed E-state index contributed by atoms with van der Waals surface area (Å²) in [6.45, 7) is 6.84. The molecule has 0 unspecified atom stereocenters. The van der Waals surface area contributed by atoms with Gasteiger partial charge in [-0.25, -0.2) is 4.79 Å². The van der Waals surface area contributed by atoms with Crippen LogP contribution in [0.5, 0.6) is 0 Å². The third kappa shape index (κ3) is 3.46. The van der Waals surface area contributed by atoms with E-state index >= 15 is 0 Å². The normalized spacial score (nSPS) is 12.3. The Kier molecular flexibility index (Phi) is 4.57. The molecule has 2 rings (SSSR count). The number of aromatic carboxylic acids is 1. The highest BCUT2D eigenvalue weighted by atomic mass is 32.1. The second-order valence-corrected chi connectivity index (χ2v) is 6.27. The molecule has 0 aliphatic carbocycles. The molecule has 0 bridgehead atoms. The zero-order valence-corrected chi connectivity index (χ0v) is 12.8. The maximum atomic E-state index is 10.9. The molecule has 20 heavy (non-hydrogen) atoms. The Bertz CT molecular complexity index is 601. The number of carbonyl (C=O) groups is 1. The van der Waals surface area contributed by atoms with Gasteiger partial charge in [-0.05, 0) is 38.0 Å². The third-order valence-corrected chi connectivity index (χ3v) is 4.49. The van der Waals surface area contributed by atoms with E-state index in [-0.39, 0.29) is 6.04 Å². The number of thiophene rings is 1. The Hall–Kier alpha value is -1.65. The fraction of sp³-hybridized carbons (Fsp3) is 0.312. The first kappa shape index (κ1) is 14.8. The molecule has 1 aromatic heterocycles. The van der Waals surface area contributed by atoms with Crippen LogP contribution in [0.25, 0.3) is 0 Å². The van der Waals surface area contributed by atoms with Crippen molar-refractivity contribution in [1.29, 1.82) is 0 Å². The number of nitrogens with one attached hydrogen (secondary N) is 1. The minimum atomic E-state index is -0.851. The average molecular weight is 289 g/mol. The van der Waals surface area contributed by atoms with Crippen molar-refractivity contribution in [2.45, 2.75) is 33.4 Å². The average Bonchev–Trinajstić information content (AvgIpc) is 2.78. The van der Waals surface area contributed by atoms with Gasteiger partial charge >= 0.3 is 5.97 Å². The molecule has 2 N–H and O–H groups in total. The Morgan fingerprint density at radius 1 is 1.30 bits per heavy atom. The van der Waals surface area contributed by atoms with Crippen LogP contribution >= 0.6 is 11.3 Å². The molecule has 106 valence electrons. The number of carboxylic acids is 1. The molecular formula is C16H19NO2S. The lowest BCUT2D eigenvalue weighted by molar-refractivity contribution is 0.0702. The molecule has 3 nitrogen and oxygen atoms in total. The van der Waals surface area contributed by atoms with E-state index in [0.29, 0.717) is 11.4 Å². The fourth-order valence-electron chi connectivity index (χ4n) is 2.04. The molecule has 0 saturated carbocycles. The van der Waals surface area contributed by atoms with E-state index in [2.05, 4.69) is 43.4 Å². The van der Waals surface area contributed by atoms with Crippen molar-refractivity contribution in [1.82, 2.24) is 5.32 Å². The van der Waals surface area contributed by atoms with Crippen molar-refractivity contribution in [3.05, 3.63) is 56.8 Å². The van der Waals surface area contributed by atoms with Gasteiger partial charge in [-0.2, -0.15) is 0 Å². The zero-order chi connectivity index (χ0) is 14.7. The summed E-state index contributed by atoms with van der Waals surface area (Å²) >= 11 is 1.33. The van der Waals surface area contributed by atoms with Crippen molar-refractivity contribution < 1.29 is 9.90 Å². The second-order valence-electron chi connectivity index (χ2n) is 5.01. The first-order valence-corrected chi connectivity index (χ1v) is 7.41. The van der Waals surface area contributed by atoms with Crippen LogP contribution in [-0.2, 0) is 6.54 Å². The molecule has 1 aromatic carbocycles. The predicted molar refractivity (Wildman–Crippen MR) is 82.4 cm³/mol. The van der Waals surface area contributed by atoms with E-state index in [9.17, 15) is 4.79 Å². The van der Waals surface area contributed by atoms with Crippen LogP contribution in [0.3, 0.4) is 0 Å². The van der Waals surface area contributed by atoms with Crippen molar-refractivity contribution >= 4 is 17.3 Å². The van der Waals surface area contributed by atoms with E-state index < -0.39 is 5.97 Å². The van der Waals surface area contributed by atoms with E-state index in [1.807, 2.05) is 6.92 Å². The number of aryl methyl sites for hydroxylation is 2. The molecule has 0 aliphatic heterocycles. The van der Waals surface area contributed by atoms with Crippen LogP contribution < -0.4 is 5.32 Å². The summed E-state index contributed by atoms with van der Waals surface area (Å²) in [5, 5.41) is 12.4. The standard InChI is InChI=1S/C16H19NO2S/c1-10-4-6-13(7-5-10)11(2)17-9-14-8-15(16(18)19)20-12(14)3/h4-8,11,17H,9H2,1-3H3,(H,18,19)/t11-/m1/s1. The smallest absolute Gasteiger partial charge is 0.345 e. The topological polar surface area (TPSA) is 49.3 Å². The molecule has 0 fully saturated rings. The summed E-state index contributed by atoms with van der Waals surface area (Å²) in [5.41, 5.74) is 3.55. The first-order valence-electron chi connectivity index (χ1n) is 6.60. The number of benzene rings is 1. The van der Waals surface area contributed by atoms with Crippen molar-refractivity contribution in [2.75, 3.05) is 0 Å². The molecule has 1 atom stereocenters. The summed E-state index contributed by atoms with van der Waals surface area (Å²) in [6.07, 6.45) is 0. The van der Waals surface area contributed by atoms with Gasteiger partial charge < -0.3 is 10.4 Å². The van der Waals surface area contributed by atoms with Crippen molar-refractivity contribution in [2.24, 2.45) is 0 Å². The highest BCUT2D eigenvalue weighted by Crippen LogP contribution is 2.22. The Labute approximate surface area is 123 Å². The van der Waals surface area contributed by atoms with Gasteiger partial charge in [0.05, 0.1) is 0 Å². The lowest BCUT2D eigenvalue weighted by atomic mass is 10.1. The van der Waals surface area contributed by atoms with Gasteiger partial charge in [0.15, 0.2) is 0 Å². The van der Waals surface area contributed by atoms with E-state index in [4.69, 9.17) is 5.11 Å². The molecule has 4 heteroatoms. The second kappa shape index (κ2) is 6.20. The predicted octanol–water partition coefficient (Wildman–Crippen LogP) is 3.91. The summed E-state index contributed by atoms with van der Waals surface area (Å²) in [6, 6.07) is 10.4. The molecule has 1 heterocycles. The first-order chi connectivity index (χ1) is 9.47. The summed E-state index contributed by atoms with van der Waals surface area (Å²) in [4.78, 5) is 12.4. The molecule has 0 aliphatic rings. The molecule has 0 spiro atoms. The monoisotopic (exact) mass is 289 g/mol. The van der Waals surface area contributed by atoms with Crippen LogP contribution in [0.1, 0.15) is 44.2 Å². The van der Waals surface area contributed by atoms with E-state index in [0.717, 1.165) is 10.4 Å². The van der Waals surface area contributed by atoms with Crippen LogP contribution in [0.15, 0.2) is 30.3 Å². The van der Waals surface area contributed by atoms with Gasteiger partial charge in [0, 0.05) is 17.5 Å². The Balaban J connectivity index is 2.01. The van der Waals surface area contributed by atoms with Gasteiger partial charge in [-0.15, -0.1) is 11.3 Å². The highest BCUT2D eigenvalue weighted by Gasteiger charge is 2.12. The summed E-state index contributed by atoms with van der Waals surface area (Å²) < 4.78 is 0. The maximum Gasteiger partial charge on any atom is 0.345 e. The van der Waals surface area contributed by atoms with Crippen molar-refractivity contribution in [3.63, 3.8) is 0 Å². The van der Waals surface area contributed by atoms with E-state index in [1.165, 1.54) is 22.5 Å². The Morgan fingerprint density at radius 2 is 1.95 bits per heavy atom. The van der Waals surface area contributed by atoms with Crippen LogP contribution in [0.4, 0.5) is 0 Å². The number of carboxylic acid groups (broad SMARTS) is 1. The lowest BCUT2D eigenvalue weighted by Crippen LogP contribution is -2.18. The quantitative estimate of drug-likeness (QED) is 0.877. The van der Waals surface area contributed by atoms with Crippen LogP contribution in [0, 0.1) is 13.8 Å². The number of rotatable bonds is 5. The largest absolute Gasteiger partial charge is 0.477 e. The van der Waals surface area contributed by atoms with Crippen LogP contribution in [-0.4, -0.2) is 11.1 Å². The number of hydrogen-bond acceptors (Lipinski definition) is 3. The Morgan fingerprint density at radius 3 is 2.50 bits per heavy atom. The fourth-order valence-corrected chi connectivity index (χ4v) is 2.92. The minimum absolute atomic E-state index is 0.239. The van der Waals surface area contributed by atoms with Gasteiger partial charge in [0.25, 0.3) is 0 Å². The lowest BCUT2D eigenvalue weighted by Gasteiger charge is -2.14. The van der Waals surface area contributed by atoms with Gasteiger partial charge in [0.2, 0.25) is 0 Å². The SMILES string of the molecule is Cc1ccc([C@@H](C)NCc2cc(C(=O)O)sc2C)cc1. The number of hydrogen-bond donors (Lipinski definition) is 2. The van der Waals surface area contributed by atoms with Gasteiger partial charge in [-0.3, -0.25) is 0 Å². The molecule has 0 amide bonds. The van der Waals surface area contributed by atoms with Crippen LogP contribution in [0.2, 0.25) is 0 Å². The molecular weight excluding hydrogens is 270 g/mol. The zero-order valence-electron chi connectivity index (χ0n) is 11.9. The summed E-state index contributed by atoms with van der Waals surface area (Å²) in [7, 11) is 0. The van der Waals surface area contributed by atoms with Crippen molar-refractivity contribution in [3.8, 4) is 0 Å². The highest BCUT2D eigenvalue weighted by molar-refractivity contribution is 7.14. The van der Waals surface area contributed by atoms with E-state index in [1.54, 1.807) is 6.07 Å². The maximum absolute atomic E-state index is 10.9. The molecule has 0 saturated heterocycles. The minimum Gasteiger partial charge on any atom is -0.477 e.